The van der Waals surface area contributed by atoms with Crippen molar-refractivity contribution >= 4 is 17.7 Å². The summed E-state index contributed by atoms with van der Waals surface area (Å²) in [5.74, 6) is -0.772. The van der Waals surface area contributed by atoms with Crippen LogP contribution in [0.2, 0.25) is 0 Å². The highest BCUT2D eigenvalue weighted by atomic mass is 16.6. The first kappa shape index (κ1) is 17.9. The number of aromatic hydroxyl groups is 1. The molecule has 0 amide bonds. The van der Waals surface area contributed by atoms with Gasteiger partial charge in [0.25, 0.3) is 5.69 Å². The van der Waals surface area contributed by atoms with Crippen molar-refractivity contribution in [2.45, 2.75) is 13.8 Å². The van der Waals surface area contributed by atoms with Crippen LogP contribution >= 0.6 is 0 Å². The molecule has 0 bridgehead atoms. The predicted molar refractivity (Wildman–Crippen MR) is 87.6 cm³/mol. The Bertz CT molecular complexity index is 699. The van der Waals surface area contributed by atoms with Crippen molar-refractivity contribution in [2.75, 3.05) is 0 Å². The van der Waals surface area contributed by atoms with Crippen LogP contribution in [0.5, 0.6) is 5.75 Å². The summed E-state index contributed by atoms with van der Waals surface area (Å²) in [6, 6.07) is 10.8. The fraction of sp³-hybridized carbons (Fsp3) is 0.118. The highest BCUT2D eigenvalue weighted by Crippen LogP contribution is 2.21. The Balaban J connectivity index is 0.000000277. The topological polar surface area (TPSA) is 101 Å². The highest BCUT2D eigenvalue weighted by Gasteiger charge is 2.13. The van der Waals surface area contributed by atoms with Crippen LogP contribution < -0.4 is 0 Å². The Morgan fingerprint density at radius 1 is 1.17 bits per heavy atom. The van der Waals surface area contributed by atoms with Crippen LogP contribution in [0.15, 0.2) is 48.5 Å². The van der Waals surface area contributed by atoms with Gasteiger partial charge in [0, 0.05) is 6.07 Å². The maximum atomic E-state index is 10.6. The van der Waals surface area contributed by atoms with Gasteiger partial charge in [-0.15, -0.1) is 0 Å². The number of nitrogens with zero attached hydrogens (tertiary/aromatic N) is 1. The molecular formula is C17H17NO5. The molecule has 2 aromatic rings. The number of aryl methyl sites for hydroxylation is 1. The van der Waals surface area contributed by atoms with Crippen LogP contribution in [-0.2, 0) is 0 Å². The van der Waals surface area contributed by atoms with E-state index in [1.807, 2.05) is 19.1 Å². The number of benzene rings is 2. The van der Waals surface area contributed by atoms with Crippen LogP contribution in [-0.4, -0.2) is 21.1 Å². The Morgan fingerprint density at radius 3 is 2.22 bits per heavy atom. The number of nitro groups is 1. The minimum atomic E-state index is -1.10. The smallest absolute Gasteiger partial charge is 0.335 e. The lowest BCUT2D eigenvalue weighted by Gasteiger charge is -1.99. The minimum absolute atomic E-state index is 0.0358. The van der Waals surface area contributed by atoms with Gasteiger partial charge in [-0.2, -0.15) is 0 Å². The van der Waals surface area contributed by atoms with Crippen LogP contribution in [0.4, 0.5) is 5.69 Å². The van der Waals surface area contributed by atoms with Gasteiger partial charge in [-0.3, -0.25) is 10.1 Å². The van der Waals surface area contributed by atoms with Gasteiger partial charge in [0.2, 0.25) is 0 Å². The molecule has 0 radical (unpaired) electrons. The van der Waals surface area contributed by atoms with E-state index < -0.39 is 10.9 Å². The summed E-state index contributed by atoms with van der Waals surface area (Å²) in [6.45, 7) is 3.69. The first-order valence-electron chi connectivity index (χ1n) is 6.75. The van der Waals surface area contributed by atoms with Gasteiger partial charge < -0.3 is 10.2 Å². The average Bonchev–Trinajstić information content (AvgIpc) is 2.51. The SMILES string of the molecule is C/C=C/c1cc(C(=O)O)ccc1[N+](=O)[O-].Cc1ccc(O)cc1. The summed E-state index contributed by atoms with van der Waals surface area (Å²) in [5.41, 5.74) is 1.40. The molecule has 0 aliphatic rings. The standard InChI is InChI=1S/C10H9NO4.C7H8O/c1-2-3-7-6-8(10(12)13)4-5-9(7)11(14)15;1-6-2-4-7(8)5-3-6/h2-6H,1H3,(H,12,13);2-5,8H,1H3/b3-2+;. The van der Waals surface area contributed by atoms with E-state index in [2.05, 4.69) is 0 Å². The number of carboxylic acid groups (broad SMARTS) is 1. The molecular weight excluding hydrogens is 298 g/mol. The van der Waals surface area contributed by atoms with Gasteiger partial charge in [0.05, 0.1) is 16.1 Å². The lowest BCUT2D eigenvalue weighted by molar-refractivity contribution is -0.385. The van der Waals surface area contributed by atoms with E-state index in [1.165, 1.54) is 29.8 Å². The lowest BCUT2D eigenvalue weighted by Crippen LogP contribution is -1.99. The molecule has 0 atom stereocenters. The zero-order valence-corrected chi connectivity index (χ0v) is 12.8. The van der Waals surface area contributed by atoms with Crippen molar-refractivity contribution in [2.24, 2.45) is 0 Å². The van der Waals surface area contributed by atoms with Gasteiger partial charge >= 0.3 is 5.97 Å². The number of allylic oxidation sites excluding steroid dienone is 1. The molecule has 2 aromatic carbocycles. The second-order valence-corrected chi connectivity index (χ2v) is 4.67. The van der Waals surface area contributed by atoms with Crippen molar-refractivity contribution in [1.29, 1.82) is 0 Å². The molecule has 0 aliphatic carbocycles. The van der Waals surface area contributed by atoms with E-state index in [0.717, 1.165) is 0 Å². The van der Waals surface area contributed by atoms with E-state index in [-0.39, 0.29) is 11.3 Å². The molecule has 0 saturated carbocycles. The first-order chi connectivity index (χ1) is 10.8. The zero-order valence-electron chi connectivity index (χ0n) is 12.8. The molecule has 6 heteroatoms. The molecule has 0 aliphatic heterocycles. The quantitative estimate of drug-likeness (QED) is 0.658. The van der Waals surface area contributed by atoms with Crippen molar-refractivity contribution in [1.82, 2.24) is 0 Å². The number of carbonyl (C=O) groups is 1. The maximum Gasteiger partial charge on any atom is 0.335 e. The van der Waals surface area contributed by atoms with E-state index in [0.29, 0.717) is 11.3 Å². The second-order valence-electron chi connectivity index (χ2n) is 4.67. The fourth-order valence-electron chi connectivity index (χ4n) is 1.71. The average molecular weight is 315 g/mol. The molecule has 0 spiro atoms. The number of phenolic OH excluding ortho intramolecular Hbond substituents is 1. The summed E-state index contributed by atoms with van der Waals surface area (Å²) in [6.07, 6.45) is 3.12. The van der Waals surface area contributed by atoms with Crippen molar-refractivity contribution in [3.63, 3.8) is 0 Å². The Hall–Kier alpha value is -3.15. The van der Waals surface area contributed by atoms with Gasteiger partial charge in [-0.05, 0) is 38.1 Å². The third kappa shape index (κ3) is 5.62. The molecule has 0 heterocycles. The third-order valence-electron chi connectivity index (χ3n) is 2.85. The van der Waals surface area contributed by atoms with Crippen molar-refractivity contribution in [3.8, 4) is 5.75 Å². The van der Waals surface area contributed by atoms with Crippen LogP contribution in [0.25, 0.3) is 6.08 Å². The molecule has 0 aromatic heterocycles. The highest BCUT2D eigenvalue weighted by molar-refractivity contribution is 5.89. The number of aromatic carboxylic acids is 1. The Kier molecular flexibility index (Phi) is 6.48. The summed E-state index contributed by atoms with van der Waals surface area (Å²) in [7, 11) is 0. The number of phenols is 1. The molecule has 0 unspecified atom stereocenters. The summed E-state index contributed by atoms with van der Waals surface area (Å²) in [5, 5.41) is 28.1. The maximum absolute atomic E-state index is 10.6. The number of nitro benzene ring substituents is 1. The fourth-order valence-corrected chi connectivity index (χ4v) is 1.71. The monoisotopic (exact) mass is 315 g/mol. The number of rotatable bonds is 3. The lowest BCUT2D eigenvalue weighted by atomic mass is 10.1. The third-order valence-corrected chi connectivity index (χ3v) is 2.85. The largest absolute Gasteiger partial charge is 0.508 e. The van der Waals surface area contributed by atoms with E-state index in [9.17, 15) is 14.9 Å². The Labute approximate surface area is 133 Å². The summed E-state index contributed by atoms with van der Waals surface area (Å²) < 4.78 is 0. The normalized spacial score (nSPS) is 10.0. The van der Waals surface area contributed by atoms with Gasteiger partial charge in [-0.1, -0.05) is 29.8 Å². The second kappa shape index (κ2) is 8.33. The van der Waals surface area contributed by atoms with Crippen LogP contribution in [0, 0.1) is 17.0 Å². The predicted octanol–water partition coefficient (Wildman–Crippen LogP) is 4.03. The number of carboxylic acids is 1. The molecule has 0 fully saturated rings. The molecule has 2 N–H and O–H groups in total. The number of hydrogen-bond acceptors (Lipinski definition) is 4. The molecule has 6 nitrogen and oxygen atoms in total. The van der Waals surface area contributed by atoms with Gasteiger partial charge in [0.15, 0.2) is 0 Å². The van der Waals surface area contributed by atoms with Gasteiger partial charge in [-0.25, -0.2) is 4.79 Å². The zero-order chi connectivity index (χ0) is 17.4. The van der Waals surface area contributed by atoms with E-state index in [4.69, 9.17) is 10.2 Å². The van der Waals surface area contributed by atoms with Crippen molar-refractivity contribution < 1.29 is 19.9 Å². The van der Waals surface area contributed by atoms with Crippen molar-refractivity contribution in [3.05, 3.63) is 75.3 Å². The molecule has 23 heavy (non-hydrogen) atoms. The molecule has 120 valence electrons. The molecule has 0 saturated heterocycles. The summed E-state index contributed by atoms with van der Waals surface area (Å²) in [4.78, 5) is 20.7. The number of hydrogen-bond donors (Lipinski definition) is 2. The first-order valence-corrected chi connectivity index (χ1v) is 6.75. The van der Waals surface area contributed by atoms with Crippen LogP contribution in [0.1, 0.15) is 28.4 Å². The van der Waals surface area contributed by atoms with E-state index in [1.54, 1.807) is 25.1 Å². The van der Waals surface area contributed by atoms with E-state index >= 15 is 0 Å². The van der Waals surface area contributed by atoms with Gasteiger partial charge in [0.1, 0.15) is 5.75 Å². The Morgan fingerprint density at radius 2 is 1.78 bits per heavy atom. The molecule has 2 rings (SSSR count). The van der Waals surface area contributed by atoms with Crippen LogP contribution in [0.3, 0.4) is 0 Å². The minimum Gasteiger partial charge on any atom is -0.508 e. The summed E-state index contributed by atoms with van der Waals surface area (Å²) >= 11 is 0.